The zero-order valence-corrected chi connectivity index (χ0v) is 18.8. The third-order valence-electron chi connectivity index (χ3n) is 5.69. The molecule has 1 atom stereocenters. The van der Waals surface area contributed by atoms with E-state index in [0.717, 1.165) is 31.5 Å². The van der Waals surface area contributed by atoms with E-state index in [1.165, 1.54) is 0 Å². The van der Waals surface area contributed by atoms with Crippen LogP contribution in [0.25, 0.3) is 0 Å². The molecule has 1 saturated heterocycles. The van der Waals surface area contributed by atoms with E-state index in [2.05, 4.69) is 16.0 Å². The SMILES string of the molecule is O=C(NCC(COCc1cc(C(F)(F)F)cc(C(F)(F)F)c1)c1ccccc1)NC1CCNCC1. The van der Waals surface area contributed by atoms with Gasteiger partial charge in [-0.15, -0.1) is 0 Å². The maximum atomic E-state index is 13.1. The number of carbonyl (C=O) groups excluding carboxylic acids is 1. The van der Waals surface area contributed by atoms with Crippen molar-refractivity contribution in [3.63, 3.8) is 0 Å². The molecule has 0 radical (unpaired) electrons. The predicted octanol–water partition coefficient (Wildman–Crippen LogP) is 5.08. The molecule has 3 N–H and O–H groups in total. The van der Waals surface area contributed by atoms with Gasteiger partial charge >= 0.3 is 18.4 Å². The molecular weight excluding hydrogens is 476 g/mol. The summed E-state index contributed by atoms with van der Waals surface area (Å²) in [5.74, 6) is -0.358. The van der Waals surface area contributed by atoms with Crippen molar-refractivity contribution in [1.82, 2.24) is 16.0 Å². The molecule has 0 aliphatic carbocycles. The van der Waals surface area contributed by atoms with Crippen molar-refractivity contribution >= 4 is 6.03 Å². The van der Waals surface area contributed by atoms with Crippen molar-refractivity contribution in [1.29, 1.82) is 0 Å². The van der Waals surface area contributed by atoms with Crippen LogP contribution in [-0.2, 0) is 23.7 Å². The van der Waals surface area contributed by atoms with E-state index in [1.54, 1.807) is 18.2 Å². The first-order chi connectivity index (χ1) is 16.5. The summed E-state index contributed by atoms with van der Waals surface area (Å²) in [6, 6.07) is 10.1. The lowest BCUT2D eigenvalue weighted by Gasteiger charge is -2.25. The van der Waals surface area contributed by atoms with Gasteiger partial charge in [0.2, 0.25) is 0 Å². The van der Waals surface area contributed by atoms with E-state index >= 15 is 0 Å². The number of alkyl halides is 6. The maximum absolute atomic E-state index is 13.1. The highest BCUT2D eigenvalue weighted by molar-refractivity contribution is 5.74. The van der Waals surface area contributed by atoms with Crippen LogP contribution in [0.3, 0.4) is 0 Å². The quantitative estimate of drug-likeness (QED) is 0.441. The van der Waals surface area contributed by atoms with Crippen molar-refractivity contribution in [3.8, 4) is 0 Å². The number of urea groups is 1. The van der Waals surface area contributed by atoms with Gasteiger partial charge in [-0.2, -0.15) is 26.3 Å². The molecule has 192 valence electrons. The number of hydrogen-bond donors (Lipinski definition) is 3. The minimum atomic E-state index is -4.92. The summed E-state index contributed by atoms with van der Waals surface area (Å²) in [5.41, 5.74) is -2.20. The summed E-state index contributed by atoms with van der Waals surface area (Å²) >= 11 is 0. The molecule has 0 aromatic heterocycles. The van der Waals surface area contributed by atoms with Crippen LogP contribution in [0.5, 0.6) is 0 Å². The molecule has 2 aromatic rings. The van der Waals surface area contributed by atoms with Gasteiger partial charge in [0, 0.05) is 18.5 Å². The monoisotopic (exact) mass is 503 g/mol. The van der Waals surface area contributed by atoms with Crippen LogP contribution < -0.4 is 16.0 Å². The molecule has 0 saturated carbocycles. The Morgan fingerprint density at radius 3 is 2.14 bits per heavy atom. The number of hydrogen-bond acceptors (Lipinski definition) is 3. The zero-order valence-electron chi connectivity index (χ0n) is 18.8. The minimum Gasteiger partial charge on any atom is -0.376 e. The average Bonchev–Trinajstić information content (AvgIpc) is 2.81. The molecule has 1 unspecified atom stereocenters. The van der Waals surface area contributed by atoms with Crippen molar-refractivity contribution in [2.24, 2.45) is 0 Å². The van der Waals surface area contributed by atoms with Crippen LogP contribution in [-0.4, -0.2) is 38.3 Å². The Labute approximate surface area is 199 Å². The Hall–Kier alpha value is -2.79. The third kappa shape index (κ3) is 8.43. The number of ether oxygens (including phenoxy) is 1. The first-order valence-corrected chi connectivity index (χ1v) is 11.2. The fraction of sp³-hybridized carbons (Fsp3) is 0.458. The number of halogens is 6. The van der Waals surface area contributed by atoms with E-state index in [9.17, 15) is 31.1 Å². The molecule has 0 spiro atoms. The number of amides is 2. The van der Waals surface area contributed by atoms with E-state index in [0.29, 0.717) is 12.1 Å². The fourth-order valence-corrected chi connectivity index (χ4v) is 3.84. The van der Waals surface area contributed by atoms with Gasteiger partial charge in [-0.05, 0) is 55.3 Å². The number of carbonyl (C=O) groups is 1. The summed E-state index contributed by atoms with van der Waals surface area (Å²) < 4.78 is 84.1. The molecule has 2 amide bonds. The average molecular weight is 503 g/mol. The largest absolute Gasteiger partial charge is 0.416 e. The highest BCUT2D eigenvalue weighted by Gasteiger charge is 2.36. The second-order valence-corrected chi connectivity index (χ2v) is 8.42. The summed E-state index contributed by atoms with van der Waals surface area (Å²) in [6.45, 7) is 1.35. The van der Waals surface area contributed by atoms with Gasteiger partial charge in [0.1, 0.15) is 0 Å². The third-order valence-corrected chi connectivity index (χ3v) is 5.69. The highest BCUT2D eigenvalue weighted by Crippen LogP contribution is 2.36. The van der Waals surface area contributed by atoms with E-state index in [1.807, 2.05) is 12.1 Å². The molecule has 11 heteroatoms. The molecule has 5 nitrogen and oxygen atoms in total. The van der Waals surface area contributed by atoms with Crippen molar-refractivity contribution in [3.05, 3.63) is 70.8 Å². The molecule has 3 rings (SSSR count). The first-order valence-electron chi connectivity index (χ1n) is 11.2. The fourth-order valence-electron chi connectivity index (χ4n) is 3.84. The van der Waals surface area contributed by atoms with Crippen LogP contribution in [0.4, 0.5) is 31.1 Å². The molecule has 0 bridgehead atoms. The number of piperidine rings is 1. The number of rotatable bonds is 8. The summed E-state index contributed by atoms with van der Waals surface area (Å²) in [7, 11) is 0. The standard InChI is InChI=1S/C24H27F6N3O2/c25-23(26,27)19-10-16(11-20(12-19)24(28,29)30)14-35-15-18(17-4-2-1-3-5-17)13-32-22(34)33-21-6-8-31-9-7-21/h1-5,10-12,18,21,31H,6-9,13-15H2,(H2,32,33,34). The maximum Gasteiger partial charge on any atom is 0.416 e. The van der Waals surface area contributed by atoms with E-state index < -0.39 is 30.1 Å². The zero-order chi connectivity index (χ0) is 25.5. The van der Waals surface area contributed by atoms with Crippen molar-refractivity contribution in [2.75, 3.05) is 26.2 Å². The molecule has 1 aliphatic heterocycles. The van der Waals surface area contributed by atoms with Gasteiger partial charge in [0.05, 0.1) is 24.3 Å². The molecule has 35 heavy (non-hydrogen) atoms. The molecule has 1 fully saturated rings. The second-order valence-electron chi connectivity index (χ2n) is 8.42. The molecule has 1 heterocycles. The van der Waals surface area contributed by atoms with Crippen LogP contribution >= 0.6 is 0 Å². The van der Waals surface area contributed by atoms with Crippen LogP contribution in [0.15, 0.2) is 48.5 Å². The summed E-state index contributed by atoms with van der Waals surface area (Å²) in [6.07, 6.45) is -8.21. The molecule has 2 aromatic carbocycles. The Balaban J connectivity index is 1.64. The topological polar surface area (TPSA) is 62.4 Å². The Kier molecular flexibility index (Phi) is 9.01. The predicted molar refractivity (Wildman–Crippen MR) is 118 cm³/mol. The Morgan fingerprint density at radius 2 is 1.57 bits per heavy atom. The molecule has 1 aliphatic rings. The normalized spacial score (nSPS) is 16.1. The van der Waals surface area contributed by atoms with Gasteiger partial charge in [0.15, 0.2) is 0 Å². The van der Waals surface area contributed by atoms with Crippen molar-refractivity contribution < 1.29 is 35.9 Å². The van der Waals surface area contributed by atoms with E-state index in [-0.39, 0.29) is 42.8 Å². The first kappa shape index (κ1) is 26.8. The van der Waals surface area contributed by atoms with Crippen LogP contribution in [0.1, 0.15) is 41.0 Å². The number of benzene rings is 2. The van der Waals surface area contributed by atoms with Gasteiger partial charge in [0.25, 0.3) is 0 Å². The lowest BCUT2D eigenvalue weighted by atomic mass is 10.00. The van der Waals surface area contributed by atoms with Crippen molar-refractivity contribution in [2.45, 2.75) is 43.8 Å². The van der Waals surface area contributed by atoms with Gasteiger partial charge in [-0.25, -0.2) is 4.79 Å². The Morgan fingerprint density at radius 1 is 0.971 bits per heavy atom. The second kappa shape index (κ2) is 11.8. The Bertz CT molecular complexity index is 928. The van der Waals surface area contributed by atoms with Gasteiger partial charge in [-0.1, -0.05) is 30.3 Å². The lowest BCUT2D eigenvalue weighted by Crippen LogP contribution is -2.47. The molecular formula is C24H27F6N3O2. The van der Waals surface area contributed by atoms with Crippen LogP contribution in [0.2, 0.25) is 0 Å². The number of nitrogens with one attached hydrogen (secondary N) is 3. The summed E-state index contributed by atoms with van der Waals surface area (Å²) in [4.78, 5) is 12.3. The van der Waals surface area contributed by atoms with Gasteiger partial charge in [-0.3, -0.25) is 0 Å². The smallest absolute Gasteiger partial charge is 0.376 e. The lowest BCUT2D eigenvalue weighted by molar-refractivity contribution is -0.143. The van der Waals surface area contributed by atoms with Crippen LogP contribution in [0, 0.1) is 0 Å². The highest BCUT2D eigenvalue weighted by atomic mass is 19.4. The summed E-state index contributed by atoms with van der Waals surface area (Å²) in [5, 5.41) is 8.90. The van der Waals surface area contributed by atoms with E-state index in [4.69, 9.17) is 4.74 Å². The minimum absolute atomic E-state index is 0.0186. The van der Waals surface area contributed by atoms with Gasteiger partial charge < -0.3 is 20.7 Å².